The van der Waals surface area contributed by atoms with Crippen LogP contribution in [0.2, 0.25) is 0 Å². The molecule has 0 aliphatic heterocycles. The summed E-state index contributed by atoms with van der Waals surface area (Å²) in [5.74, 6) is 1.98. The first-order valence-corrected chi connectivity index (χ1v) is 10.4. The van der Waals surface area contributed by atoms with E-state index in [-0.39, 0.29) is 5.82 Å². The van der Waals surface area contributed by atoms with Gasteiger partial charge in [-0.2, -0.15) is 0 Å². The van der Waals surface area contributed by atoms with Crippen LogP contribution in [-0.4, -0.2) is 0 Å². The molecule has 0 nitrogen and oxygen atoms in total. The molecule has 0 N–H and O–H groups in total. The minimum absolute atomic E-state index is 0.0739. The van der Waals surface area contributed by atoms with E-state index in [1.165, 1.54) is 48.8 Å². The molecule has 1 heteroatoms. The second-order valence-electron chi connectivity index (χ2n) is 8.55. The Morgan fingerprint density at radius 2 is 1.77 bits per heavy atom. The van der Waals surface area contributed by atoms with E-state index in [1.54, 1.807) is 6.07 Å². The van der Waals surface area contributed by atoms with Crippen molar-refractivity contribution < 1.29 is 4.39 Å². The van der Waals surface area contributed by atoms with Crippen LogP contribution in [0.1, 0.15) is 75.5 Å². The summed E-state index contributed by atoms with van der Waals surface area (Å²) in [5, 5.41) is 0. The van der Waals surface area contributed by atoms with Gasteiger partial charge in [-0.15, -0.1) is 0 Å². The highest BCUT2D eigenvalue weighted by molar-refractivity contribution is 5.66. The highest BCUT2D eigenvalue weighted by Crippen LogP contribution is 2.37. The standard InChI is InChI=1S/C25H33F/c1-5-17(2)14-21-10-11-23(15-19(21)4)24-13-12-22(16-25(24)26)20-8-6-18(3)7-9-20/h10-13,15-18,20H,5-9,14H2,1-4H3. The smallest absolute Gasteiger partial charge is 0.131 e. The van der Waals surface area contributed by atoms with Crippen LogP contribution in [0.15, 0.2) is 36.4 Å². The maximum absolute atomic E-state index is 14.9. The zero-order valence-corrected chi connectivity index (χ0v) is 16.8. The Morgan fingerprint density at radius 1 is 1.04 bits per heavy atom. The third kappa shape index (κ3) is 4.37. The Morgan fingerprint density at radius 3 is 2.38 bits per heavy atom. The van der Waals surface area contributed by atoms with Crippen LogP contribution in [0.25, 0.3) is 11.1 Å². The van der Waals surface area contributed by atoms with Crippen molar-refractivity contribution in [3.8, 4) is 11.1 Å². The van der Waals surface area contributed by atoms with Gasteiger partial charge in [0.05, 0.1) is 0 Å². The Balaban J connectivity index is 1.80. The minimum Gasteiger partial charge on any atom is -0.206 e. The topological polar surface area (TPSA) is 0 Å². The van der Waals surface area contributed by atoms with E-state index in [0.29, 0.717) is 11.8 Å². The molecule has 0 amide bonds. The summed E-state index contributed by atoms with van der Waals surface area (Å²) in [5.41, 5.74) is 5.57. The lowest BCUT2D eigenvalue weighted by molar-refractivity contribution is 0.347. The summed E-state index contributed by atoms with van der Waals surface area (Å²) in [7, 11) is 0. The molecule has 0 radical (unpaired) electrons. The van der Waals surface area contributed by atoms with Gasteiger partial charge in [-0.1, -0.05) is 70.4 Å². The first kappa shape index (κ1) is 19.1. The van der Waals surface area contributed by atoms with Gasteiger partial charge < -0.3 is 0 Å². The lowest BCUT2D eigenvalue weighted by Gasteiger charge is -2.26. The Hall–Kier alpha value is -1.63. The van der Waals surface area contributed by atoms with Crippen LogP contribution < -0.4 is 0 Å². The maximum Gasteiger partial charge on any atom is 0.131 e. The third-order valence-electron chi connectivity index (χ3n) is 6.40. The Kier molecular flexibility index (Phi) is 6.16. The van der Waals surface area contributed by atoms with Crippen LogP contribution in [0.5, 0.6) is 0 Å². The molecule has 2 aromatic rings. The van der Waals surface area contributed by atoms with Gasteiger partial charge in [0, 0.05) is 5.56 Å². The van der Waals surface area contributed by atoms with Crippen LogP contribution in [0, 0.1) is 24.6 Å². The number of rotatable bonds is 5. The van der Waals surface area contributed by atoms with E-state index in [0.717, 1.165) is 23.5 Å². The van der Waals surface area contributed by atoms with Crippen molar-refractivity contribution in [1.82, 2.24) is 0 Å². The molecule has 1 unspecified atom stereocenters. The van der Waals surface area contributed by atoms with Gasteiger partial charge in [0.15, 0.2) is 0 Å². The molecule has 0 bridgehead atoms. The Labute approximate surface area is 158 Å². The molecule has 140 valence electrons. The average Bonchev–Trinajstić information content (AvgIpc) is 2.64. The minimum atomic E-state index is -0.0739. The van der Waals surface area contributed by atoms with Gasteiger partial charge in [0.2, 0.25) is 0 Å². The van der Waals surface area contributed by atoms with Crippen molar-refractivity contribution in [2.24, 2.45) is 11.8 Å². The van der Waals surface area contributed by atoms with Crippen LogP contribution in [0.4, 0.5) is 4.39 Å². The van der Waals surface area contributed by atoms with Gasteiger partial charge >= 0.3 is 0 Å². The van der Waals surface area contributed by atoms with Gasteiger partial charge in [-0.25, -0.2) is 4.39 Å². The molecule has 26 heavy (non-hydrogen) atoms. The van der Waals surface area contributed by atoms with Crippen LogP contribution in [0.3, 0.4) is 0 Å². The molecule has 2 aromatic carbocycles. The molecule has 1 aliphatic rings. The number of halogens is 1. The summed E-state index contributed by atoms with van der Waals surface area (Å²) in [6.07, 6.45) is 7.23. The normalized spacial score (nSPS) is 21.6. The molecule has 1 atom stereocenters. The first-order chi connectivity index (χ1) is 12.5. The zero-order valence-electron chi connectivity index (χ0n) is 16.8. The second kappa shape index (κ2) is 8.37. The molecule has 1 saturated carbocycles. The van der Waals surface area contributed by atoms with E-state index >= 15 is 0 Å². The van der Waals surface area contributed by atoms with E-state index < -0.39 is 0 Å². The average molecular weight is 353 g/mol. The predicted molar refractivity (Wildman–Crippen MR) is 110 cm³/mol. The molecular formula is C25H33F. The Bertz CT molecular complexity index is 738. The highest BCUT2D eigenvalue weighted by atomic mass is 19.1. The largest absolute Gasteiger partial charge is 0.206 e. The fraction of sp³-hybridized carbons (Fsp3) is 0.520. The lowest BCUT2D eigenvalue weighted by Crippen LogP contribution is -2.11. The molecule has 0 spiro atoms. The maximum atomic E-state index is 14.9. The number of hydrogen-bond acceptors (Lipinski definition) is 0. The van der Waals surface area contributed by atoms with Gasteiger partial charge in [-0.3, -0.25) is 0 Å². The lowest BCUT2D eigenvalue weighted by atomic mass is 9.79. The summed E-state index contributed by atoms with van der Waals surface area (Å²) < 4.78 is 14.9. The molecule has 3 rings (SSSR count). The molecule has 1 fully saturated rings. The number of aryl methyl sites for hydroxylation is 1. The summed E-state index contributed by atoms with van der Waals surface area (Å²) >= 11 is 0. The van der Waals surface area contributed by atoms with Crippen molar-refractivity contribution in [3.05, 3.63) is 58.9 Å². The van der Waals surface area contributed by atoms with Gasteiger partial charge in [0.25, 0.3) is 0 Å². The molecule has 1 aliphatic carbocycles. The van der Waals surface area contributed by atoms with E-state index in [2.05, 4.69) is 52.0 Å². The van der Waals surface area contributed by atoms with Crippen LogP contribution >= 0.6 is 0 Å². The number of benzene rings is 2. The third-order valence-corrected chi connectivity index (χ3v) is 6.40. The van der Waals surface area contributed by atoms with Crippen molar-refractivity contribution >= 4 is 0 Å². The molecule has 0 aromatic heterocycles. The quantitative estimate of drug-likeness (QED) is 0.517. The predicted octanol–water partition coefficient (Wildman–Crippen LogP) is 7.68. The van der Waals surface area contributed by atoms with Crippen molar-refractivity contribution in [1.29, 1.82) is 0 Å². The zero-order chi connectivity index (χ0) is 18.7. The van der Waals surface area contributed by atoms with Crippen molar-refractivity contribution in [2.75, 3.05) is 0 Å². The molecule has 0 heterocycles. The summed E-state index contributed by atoms with van der Waals surface area (Å²) in [4.78, 5) is 0. The second-order valence-corrected chi connectivity index (χ2v) is 8.55. The summed E-state index contributed by atoms with van der Waals surface area (Å²) in [6, 6.07) is 12.4. The highest BCUT2D eigenvalue weighted by Gasteiger charge is 2.20. The van der Waals surface area contributed by atoms with Crippen molar-refractivity contribution in [2.45, 2.75) is 72.1 Å². The van der Waals surface area contributed by atoms with E-state index in [1.807, 2.05) is 6.07 Å². The fourth-order valence-corrected chi connectivity index (χ4v) is 4.23. The molecular weight excluding hydrogens is 319 g/mol. The van der Waals surface area contributed by atoms with Gasteiger partial charge in [0.1, 0.15) is 5.82 Å². The monoisotopic (exact) mass is 352 g/mol. The molecule has 0 saturated heterocycles. The van der Waals surface area contributed by atoms with E-state index in [9.17, 15) is 4.39 Å². The number of hydrogen-bond donors (Lipinski definition) is 0. The SMILES string of the molecule is CCC(C)Cc1ccc(-c2ccc(C3CCC(C)CC3)cc2F)cc1C. The van der Waals surface area contributed by atoms with Gasteiger partial charge in [-0.05, 0) is 72.3 Å². The van der Waals surface area contributed by atoms with Crippen molar-refractivity contribution in [3.63, 3.8) is 0 Å². The first-order valence-electron chi connectivity index (χ1n) is 10.4. The summed E-state index contributed by atoms with van der Waals surface area (Å²) in [6.45, 7) is 9.00. The van der Waals surface area contributed by atoms with E-state index in [4.69, 9.17) is 0 Å². The fourth-order valence-electron chi connectivity index (χ4n) is 4.23. The van der Waals surface area contributed by atoms with Crippen LogP contribution in [-0.2, 0) is 6.42 Å².